The van der Waals surface area contributed by atoms with Crippen LogP contribution in [0.3, 0.4) is 0 Å². The molecule has 0 atom stereocenters. The Bertz CT molecular complexity index is 835. The minimum Gasteiger partial charge on any atom is -0.482 e. The third kappa shape index (κ3) is 3.17. The van der Waals surface area contributed by atoms with Gasteiger partial charge < -0.3 is 9.64 Å². The summed E-state index contributed by atoms with van der Waals surface area (Å²) in [5, 5.41) is 0. The molecular weight excluding hydrogens is 328 g/mol. The molecule has 134 valence electrons. The van der Waals surface area contributed by atoms with Gasteiger partial charge in [0, 0.05) is 13.1 Å². The summed E-state index contributed by atoms with van der Waals surface area (Å²) in [6, 6.07) is 14.1. The molecule has 2 aromatic rings. The van der Waals surface area contributed by atoms with Gasteiger partial charge >= 0.3 is 0 Å². The highest BCUT2D eigenvalue weighted by Crippen LogP contribution is 2.32. The van der Waals surface area contributed by atoms with Gasteiger partial charge in [0.05, 0.1) is 5.69 Å². The van der Waals surface area contributed by atoms with Crippen molar-refractivity contribution in [2.45, 2.75) is 19.8 Å². The van der Waals surface area contributed by atoms with Crippen molar-refractivity contribution in [3.63, 3.8) is 0 Å². The van der Waals surface area contributed by atoms with Crippen molar-refractivity contribution in [2.24, 2.45) is 0 Å². The van der Waals surface area contributed by atoms with Crippen molar-refractivity contribution in [3.05, 3.63) is 59.2 Å². The van der Waals surface area contributed by atoms with Crippen LogP contribution in [0.4, 0.5) is 5.69 Å². The molecule has 2 heterocycles. The molecule has 0 unspecified atom stereocenters. The van der Waals surface area contributed by atoms with E-state index in [2.05, 4.69) is 12.1 Å². The molecule has 0 N–H and O–H groups in total. The largest absolute Gasteiger partial charge is 0.482 e. The van der Waals surface area contributed by atoms with Crippen molar-refractivity contribution in [1.82, 2.24) is 4.90 Å². The molecule has 0 spiro atoms. The van der Waals surface area contributed by atoms with Crippen LogP contribution in [0.2, 0.25) is 0 Å². The maximum absolute atomic E-state index is 12.9. The van der Waals surface area contributed by atoms with Crippen LogP contribution in [0.1, 0.15) is 16.7 Å². The van der Waals surface area contributed by atoms with Gasteiger partial charge in [0.2, 0.25) is 5.91 Å². The van der Waals surface area contributed by atoms with Gasteiger partial charge in [0.25, 0.3) is 5.91 Å². The molecular formula is C21H22N2O3. The van der Waals surface area contributed by atoms with Gasteiger partial charge in [-0.3, -0.25) is 14.5 Å². The van der Waals surface area contributed by atoms with Crippen LogP contribution in [-0.2, 0) is 22.4 Å². The highest BCUT2D eigenvalue weighted by Gasteiger charge is 2.29. The average molecular weight is 350 g/mol. The summed E-state index contributed by atoms with van der Waals surface area (Å²) in [6.07, 6.45) is 1.71. The highest BCUT2D eigenvalue weighted by molar-refractivity contribution is 6.02. The van der Waals surface area contributed by atoms with Gasteiger partial charge in [-0.1, -0.05) is 30.3 Å². The van der Waals surface area contributed by atoms with E-state index in [1.807, 2.05) is 42.2 Å². The van der Waals surface area contributed by atoms with Gasteiger partial charge in [-0.2, -0.15) is 0 Å². The molecule has 5 nitrogen and oxygen atoms in total. The Kier molecular flexibility index (Phi) is 4.37. The SMILES string of the molecule is Cc1ccc2c(c1)N(CC(=O)N1CCc3ccccc3CC1)C(=O)CO2. The minimum absolute atomic E-state index is 0.0134. The van der Waals surface area contributed by atoms with Crippen LogP contribution >= 0.6 is 0 Å². The molecule has 0 bridgehead atoms. The molecule has 26 heavy (non-hydrogen) atoms. The number of anilines is 1. The number of nitrogens with zero attached hydrogens (tertiary/aromatic N) is 2. The van der Waals surface area contributed by atoms with E-state index in [4.69, 9.17) is 4.74 Å². The number of hydrogen-bond donors (Lipinski definition) is 0. The second-order valence-corrected chi connectivity index (χ2v) is 6.89. The fourth-order valence-corrected chi connectivity index (χ4v) is 3.64. The zero-order valence-electron chi connectivity index (χ0n) is 14.9. The quantitative estimate of drug-likeness (QED) is 0.835. The van der Waals surface area contributed by atoms with E-state index in [0.29, 0.717) is 24.5 Å². The summed E-state index contributed by atoms with van der Waals surface area (Å²) in [6.45, 7) is 3.39. The summed E-state index contributed by atoms with van der Waals surface area (Å²) in [5.74, 6) is 0.473. The molecule has 0 radical (unpaired) electrons. The Morgan fingerprint density at radius 1 is 1.08 bits per heavy atom. The fraction of sp³-hybridized carbons (Fsp3) is 0.333. The fourth-order valence-electron chi connectivity index (χ4n) is 3.64. The van der Waals surface area contributed by atoms with Gasteiger partial charge in [-0.25, -0.2) is 0 Å². The van der Waals surface area contributed by atoms with E-state index < -0.39 is 0 Å². The average Bonchev–Trinajstić information content (AvgIpc) is 2.87. The van der Waals surface area contributed by atoms with Crippen molar-refractivity contribution >= 4 is 17.5 Å². The van der Waals surface area contributed by atoms with Crippen LogP contribution in [0, 0.1) is 6.92 Å². The van der Waals surface area contributed by atoms with Crippen LogP contribution in [0.25, 0.3) is 0 Å². The Labute approximate surface area is 153 Å². The number of ether oxygens (including phenoxy) is 1. The third-order valence-electron chi connectivity index (χ3n) is 5.12. The standard InChI is InChI=1S/C21H22N2O3/c1-15-6-7-19-18(12-15)23(21(25)14-26-19)13-20(24)22-10-8-16-4-2-3-5-17(16)9-11-22/h2-7,12H,8-11,13-14H2,1H3. The van der Waals surface area contributed by atoms with Crippen LogP contribution in [0.5, 0.6) is 5.75 Å². The van der Waals surface area contributed by atoms with E-state index in [1.54, 1.807) is 4.90 Å². The van der Waals surface area contributed by atoms with Crippen molar-refractivity contribution in [3.8, 4) is 5.75 Å². The number of fused-ring (bicyclic) bond motifs is 2. The number of carbonyl (C=O) groups excluding carboxylic acids is 2. The van der Waals surface area contributed by atoms with Crippen LogP contribution < -0.4 is 9.64 Å². The molecule has 0 saturated carbocycles. The van der Waals surface area contributed by atoms with Crippen molar-refractivity contribution in [2.75, 3.05) is 31.1 Å². The van der Waals surface area contributed by atoms with Crippen molar-refractivity contribution in [1.29, 1.82) is 0 Å². The van der Waals surface area contributed by atoms with Crippen LogP contribution in [0.15, 0.2) is 42.5 Å². The summed E-state index contributed by atoms with van der Waals surface area (Å²) < 4.78 is 5.49. The first-order valence-electron chi connectivity index (χ1n) is 9.00. The molecule has 0 fully saturated rings. The molecule has 0 aromatic heterocycles. The molecule has 2 amide bonds. The molecule has 2 aliphatic rings. The number of hydrogen-bond acceptors (Lipinski definition) is 3. The molecule has 4 rings (SSSR count). The summed E-state index contributed by atoms with van der Waals surface area (Å²) in [4.78, 5) is 28.7. The Morgan fingerprint density at radius 2 is 1.77 bits per heavy atom. The second kappa shape index (κ2) is 6.83. The summed E-state index contributed by atoms with van der Waals surface area (Å²) >= 11 is 0. The molecule has 2 aromatic carbocycles. The summed E-state index contributed by atoms with van der Waals surface area (Å²) in [5.41, 5.74) is 4.34. The lowest BCUT2D eigenvalue weighted by Gasteiger charge is -2.31. The van der Waals surface area contributed by atoms with E-state index in [0.717, 1.165) is 18.4 Å². The first-order chi connectivity index (χ1) is 12.6. The van der Waals surface area contributed by atoms with Gasteiger partial charge in [-0.15, -0.1) is 0 Å². The number of aryl methyl sites for hydroxylation is 1. The Hall–Kier alpha value is -2.82. The lowest BCUT2D eigenvalue weighted by atomic mass is 10.0. The van der Waals surface area contributed by atoms with E-state index in [1.165, 1.54) is 11.1 Å². The number of benzene rings is 2. The van der Waals surface area contributed by atoms with Gasteiger partial charge in [0.1, 0.15) is 12.3 Å². The number of carbonyl (C=O) groups is 2. The molecule has 5 heteroatoms. The lowest BCUT2D eigenvalue weighted by Crippen LogP contribution is -2.47. The first kappa shape index (κ1) is 16.6. The Morgan fingerprint density at radius 3 is 2.46 bits per heavy atom. The smallest absolute Gasteiger partial charge is 0.265 e. The zero-order valence-corrected chi connectivity index (χ0v) is 14.9. The van der Waals surface area contributed by atoms with Gasteiger partial charge in [-0.05, 0) is 48.6 Å². The van der Waals surface area contributed by atoms with E-state index >= 15 is 0 Å². The predicted molar refractivity (Wildman–Crippen MR) is 99.5 cm³/mol. The highest BCUT2D eigenvalue weighted by atomic mass is 16.5. The van der Waals surface area contributed by atoms with E-state index in [9.17, 15) is 9.59 Å². The number of amides is 2. The topological polar surface area (TPSA) is 49.9 Å². The van der Waals surface area contributed by atoms with Gasteiger partial charge in [0.15, 0.2) is 6.61 Å². The number of rotatable bonds is 2. The monoisotopic (exact) mass is 350 g/mol. The molecule has 2 aliphatic heterocycles. The third-order valence-corrected chi connectivity index (χ3v) is 5.12. The van der Waals surface area contributed by atoms with Crippen molar-refractivity contribution < 1.29 is 14.3 Å². The molecule has 0 saturated heterocycles. The maximum atomic E-state index is 12.9. The predicted octanol–water partition coefficient (Wildman–Crippen LogP) is 2.35. The summed E-state index contributed by atoms with van der Waals surface area (Å²) in [7, 11) is 0. The Balaban J connectivity index is 1.50. The molecule has 0 aliphatic carbocycles. The van der Waals surface area contributed by atoms with E-state index in [-0.39, 0.29) is 25.0 Å². The normalized spacial score (nSPS) is 16.4. The minimum atomic E-state index is -0.172. The van der Waals surface area contributed by atoms with Crippen LogP contribution in [-0.4, -0.2) is 43.0 Å². The lowest BCUT2D eigenvalue weighted by molar-refractivity contribution is -0.131. The zero-order chi connectivity index (χ0) is 18.1. The first-order valence-corrected chi connectivity index (χ1v) is 9.00. The second-order valence-electron chi connectivity index (χ2n) is 6.89. The maximum Gasteiger partial charge on any atom is 0.265 e.